The number of likely N-dealkylation sites (N-methyl/N-ethyl adjacent to an activating group) is 1. The number of nitrogens with zero attached hydrogens (tertiary/aromatic N) is 1. The van der Waals surface area contributed by atoms with Crippen LogP contribution in [-0.2, 0) is 4.79 Å². The zero-order valence-electron chi connectivity index (χ0n) is 13.5. The number of benzene rings is 1. The van der Waals surface area contributed by atoms with E-state index >= 15 is 0 Å². The molecule has 2 unspecified atom stereocenters. The van der Waals surface area contributed by atoms with Crippen LogP contribution in [0.5, 0.6) is 11.5 Å². The first-order valence-electron chi connectivity index (χ1n) is 7.79. The van der Waals surface area contributed by atoms with Gasteiger partial charge in [0.25, 0.3) is 0 Å². The third kappa shape index (κ3) is 4.07. The predicted octanol–water partition coefficient (Wildman–Crippen LogP) is 1.85. The molecule has 3 rings (SSSR count). The van der Waals surface area contributed by atoms with Crippen LogP contribution in [-0.4, -0.2) is 49.8 Å². The smallest absolute Gasteiger partial charge is 0.241 e. The zero-order valence-corrected chi connectivity index (χ0v) is 14.3. The second-order valence-corrected chi connectivity index (χ2v) is 5.86. The average molecular weight is 342 g/mol. The largest absolute Gasteiger partial charge is 0.454 e. The summed E-state index contributed by atoms with van der Waals surface area (Å²) in [5, 5.41) is 6.27. The number of amides is 1. The van der Waals surface area contributed by atoms with Gasteiger partial charge >= 0.3 is 0 Å². The lowest BCUT2D eigenvalue weighted by molar-refractivity contribution is -0.121. The number of likely N-dealkylation sites (tertiary alicyclic amines) is 1. The first-order chi connectivity index (χ1) is 10.7. The highest BCUT2D eigenvalue weighted by Gasteiger charge is 2.27. The monoisotopic (exact) mass is 341 g/mol. The summed E-state index contributed by atoms with van der Waals surface area (Å²) in [5.41, 5.74) is 0.739. The van der Waals surface area contributed by atoms with Crippen molar-refractivity contribution in [1.29, 1.82) is 0 Å². The van der Waals surface area contributed by atoms with Crippen molar-refractivity contribution >= 4 is 24.0 Å². The molecule has 0 aromatic heterocycles. The summed E-state index contributed by atoms with van der Waals surface area (Å²) in [6, 6.07) is 5.78. The fourth-order valence-electron chi connectivity index (χ4n) is 2.98. The third-order valence-electron chi connectivity index (χ3n) is 4.43. The Hall–Kier alpha value is -1.50. The van der Waals surface area contributed by atoms with Gasteiger partial charge in [-0.2, -0.15) is 0 Å². The summed E-state index contributed by atoms with van der Waals surface area (Å²) in [7, 11) is 1.98. The molecule has 1 aromatic rings. The van der Waals surface area contributed by atoms with Crippen LogP contribution in [0, 0.1) is 0 Å². The quantitative estimate of drug-likeness (QED) is 0.875. The van der Waals surface area contributed by atoms with Gasteiger partial charge in [-0.25, -0.2) is 0 Å². The lowest BCUT2D eigenvalue weighted by Gasteiger charge is -2.35. The Morgan fingerprint density at radius 3 is 2.91 bits per heavy atom. The molecule has 0 bridgehead atoms. The molecule has 2 aliphatic heterocycles. The minimum Gasteiger partial charge on any atom is -0.454 e. The molecular weight excluding hydrogens is 318 g/mol. The lowest BCUT2D eigenvalue weighted by atomic mass is 10.0. The highest BCUT2D eigenvalue weighted by atomic mass is 35.5. The van der Waals surface area contributed by atoms with Crippen molar-refractivity contribution in [3.8, 4) is 11.5 Å². The molecule has 23 heavy (non-hydrogen) atoms. The van der Waals surface area contributed by atoms with Gasteiger partial charge in [0.15, 0.2) is 11.5 Å². The van der Waals surface area contributed by atoms with E-state index in [9.17, 15) is 4.79 Å². The van der Waals surface area contributed by atoms with Gasteiger partial charge in [-0.1, -0.05) is 0 Å². The molecule has 2 N–H and O–H groups in total. The zero-order chi connectivity index (χ0) is 15.5. The topological polar surface area (TPSA) is 62.8 Å². The number of nitrogens with one attached hydrogen (secondary N) is 2. The van der Waals surface area contributed by atoms with E-state index in [4.69, 9.17) is 9.47 Å². The van der Waals surface area contributed by atoms with Crippen LogP contribution in [0.4, 0.5) is 5.69 Å². The number of hydrogen-bond donors (Lipinski definition) is 2. The van der Waals surface area contributed by atoms with E-state index in [2.05, 4.69) is 15.5 Å². The van der Waals surface area contributed by atoms with Gasteiger partial charge in [0, 0.05) is 24.3 Å². The van der Waals surface area contributed by atoms with E-state index in [-0.39, 0.29) is 31.1 Å². The van der Waals surface area contributed by atoms with Crippen molar-refractivity contribution in [2.24, 2.45) is 0 Å². The average Bonchev–Trinajstić information content (AvgIpc) is 3.01. The van der Waals surface area contributed by atoms with Crippen LogP contribution in [0.25, 0.3) is 0 Å². The number of rotatable bonds is 4. The number of halogens is 1. The standard InChI is InChI=1S/C16H23N3O3.ClH/c1-11(19-7-3-4-13(9-19)17-2)16(20)18-12-5-6-14-15(8-12)22-10-21-14;/h5-6,8,11,13,17H,3-4,7,9-10H2,1-2H3,(H,18,20);1H. The van der Waals surface area contributed by atoms with Crippen molar-refractivity contribution in [1.82, 2.24) is 10.2 Å². The molecule has 6 nitrogen and oxygen atoms in total. The summed E-state index contributed by atoms with van der Waals surface area (Å²) in [5.74, 6) is 1.41. The summed E-state index contributed by atoms with van der Waals surface area (Å²) in [6.07, 6.45) is 2.29. The number of hydrogen-bond acceptors (Lipinski definition) is 5. The Balaban J connectivity index is 0.00000192. The second kappa shape index (κ2) is 7.86. The molecule has 0 radical (unpaired) electrons. The summed E-state index contributed by atoms with van der Waals surface area (Å²) >= 11 is 0. The minimum absolute atomic E-state index is 0. The van der Waals surface area contributed by atoms with Crippen molar-refractivity contribution in [2.45, 2.75) is 31.8 Å². The molecule has 1 aromatic carbocycles. The fourth-order valence-corrected chi connectivity index (χ4v) is 2.98. The SMILES string of the molecule is CNC1CCCN(C(C)C(=O)Nc2ccc3c(c2)OCO3)C1.Cl. The first-order valence-corrected chi connectivity index (χ1v) is 7.79. The number of carbonyl (C=O) groups excluding carboxylic acids is 1. The number of carbonyl (C=O) groups is 1. The maximum atomic E-state index is 12.5. The number of piperidine rings is 1. The summed E-state index contributed by atoms with van der Waals surface area (Å²) < 4.78 is 10.6. The van der Waals surface area contributed by atoms with Gasteiger partial charge in [0.2, 0.25) is 12.7 Å². The van der Waals surface area contributed by atoms with Gasteiger partial charge in [0.1, 0.15) is 0 Å². The minimum atomic E-state index is -0.151. The van der Waals surface area contributed by atoms with Crippen molar-refractivity contribution in [3.05, 3.63) is 18.2 Å². The molecule has 128 valence electrons. The molecule has 2 heterocycles. The third-order valence-corrected chi connectivity index (χ3v) is 4.43. The molecular formula is C16H24ClN3O3. The molecule has 0 aliphatic carbocycles. The molecule has 1 saturated heterocycles. The molecule has 2 aliphatic rings. The van der Waals surface area contributed by atoms with Gasteiger partial charge in [-0.15, -0.1) is 12.4 Å². The van der Waals surface area contributed by atoms with Crippen molar-refractivity contribution < 1.29 is 14.3 Å². The Bertz CT molecular complexity index is 555. The van der Waals surface area contributed by atoms with E-state index < -0.39 is 0 Å². The van der Waals surface area contributed by atoms with Gasteiger partial charge in [-0.3, -0.25) is 9.69 Å². The van der Waals surface area contributed by atoms with E-state index in [0.717, 1.165) is 30.9 Å². The Kier molecular flexibility index (Phi) is 6.10. The number of ether oxygens (including phenoxy) is 2. The molecule has 1 fully saturated rings. The van der Waals surface area contributed by atoms with E-state index in [1.54, 1.807) is 6.07 Å². The maximum Gasteiger partial charge on any atom is 0.241 e. The highest BCUT2D eigenvalue weighted by molar-refractivity contribution is 5.94. The van der Waals surface area contributed by atoms with Gasteiger partial charge in [-0.05, 0) is 45.5 Å². The van der Waals surface area contributed by atoms with Gasteiger partial charge in [0.05, 0.1) is 6.04 Å². The van der Waals surface area contributed by atoms with Crippen molar-refractivity contribution in [2.75, 3.05) is 32.2 Å². The number of fused-ring (bicyclic) bond motifs is 1. The van der Waals surface area contributed by atoms with Gasteiger partial charge < -0.3 is 20.1 Å². The second-order valence-electron chi connectivity index (χ2n) is 5.86. The molecule has 2 atom stereocenters. The Morgan fingerprint density at radius 2 is 2.13 bits per heavy atom. The highest BCUT2D eigenvalue weighted by Crippen LogP contribution is 2.34. The molecule has 0 spiro atoms. The lowest BCUT2D eigenvalue weighted by Crippen LogP contribution is -2.51. The summed E-state index contributed by atoms with van der Waals surface area (Å²) in [6.45, 7) is 4.07. The van der Waals surface area contributed by atoms with Crippen molar-refractivity contribution in [3.63, 3.8) is 0 Å². The van der Waals surface area contributed by atoms with Crippen LogP contribution in [0.2, 0.25) is 0 Å². The normalized spacial score (nSPS) is 21.4. The van der Waals surface area contributed by atoms with E-state index in [0.29, 0.717) is 11.8 Å². The molecule has 0 saturated carbocycles. The predicted molar refractivity (Wildman–Crippen MR) is 91.6 cm³/mol. The van der Waals surface area contributed by atoms with E-state index in [1.807, 2.05) is 26.1 Å². The Labute approximate surface area is 142 Å². The summed E-state index contributed by atoms with van der Waals surface area (Å²) in [4.78, 5) is 14.7. The van der Waals surface area contributed by atoms with Crippen LogP contribution in [0.1, 0.15) is 19.8 Å². The van der Waals surface area contributed by atoms with E-state index in [1.165, 1.54) is 6.42 Å². The Morgan fingerprint density at radius 1 is 1.35 bits per heavy atom. The van der Waals surface area contributed by atoms with Crippen LogP contribution in [0.15, 0.2) is 18.2 Å². The van der Waals surface area contributed by atoms with Crippen LogP contribution in [0.3, 0.4) is 0 Å². The maximum absolute atomic E-state index is 12.5. The number of anilines is 1. The molecule has 7 heteroatoms. The first kappa shape index (κ1) is 17.8. The molecule has 1 amide bonds. The van der Waals surface area contributed by atoms with Crippen LogP contribution < -0.4 is 20.1 Å². The van der Waals surface area contributed by atoms with Crippen LogP contribution >= 0.6 is 12.4 Å². The fraction of sp³-hybridized carbons (Fsp3) is 0.562.